The highest BCUT2D eigenvalue weighted by Crippen LogP contribution is 2.25. The molecule has 0 saturated carbocycles. The van der Waals surface area contributed by atoms with Gasteiger partial charge in [-0.25, -0.2) is 4.99 Å². The fourth-order valence-corrected chi connectivity index (χ4v) is 3.29. The van der Waals surface area contributed by atoms with Gasteiger partial charge in [-0.1, -0.05) is 36.4 Å². The molecule has 5 heteroatoms. The second-order valence-corrected chi connectivity index (χ2v) is 6.82. The Labute approximate surface area is 168 Å². The van der Waals surface area contributed by atoms with Crippen molar-refractivity contribution in [2.75, 3.05) is 26.3 Å². The van der Waals surface area contributed by atoms with Crippen molar-refractivity contribution in [3.8, 4) is 5.75 Å². The zero-order valence-electron chi connectivity index (χ0n) is 17.0. The molecule has 0 fully saturated rings. The Morgan fingerprint density at radius 3 is 2.79 bits per heavy atom. The summed E-state index contributed by atoms with van der Waals surface area (Å²) in [4.78, 5) is 4.76. The largest absolute Gasteiger partial charge is 0.493 e. The molecule has 3 rings (SSSR count). The van der Waals surface area contributed by atoms with Gasteiger partial charge in [0.2, 0.25) is 0 Å². The Morgan fingerprint density at radius 1 is 1.11 bits per heavy atom. The summed E-state index contributed by atoms with van der Waals surface area (Å²) in [7, 11) is 0. The lowest BCUT2D eigenvalue weighted by Gasteiger charge is -2.13. The van der Waals surface area contributed by atoms with Crippen LogP contribution in [0.1, 0.15) is 36.1 Å². The van der Waals surface area contributed by atoms with Crippen LogP contribution in [0.2, 0.25) is 0 Å². The van der Waals surface area contributed by atoms with Crippen molar-refractivity contribution >= 4 is 5.96 Å². The van der Waals surface area contributed by atoms with Gasteiger partial charge in [0.15, 0.2) is 5.96 Å². The van der Waals surface area contributed by atoms with E-state index in [0.717, 1.165) is 50.9 Å². The average Bonchev–Trinajstić information content (AvgIpc) is 3.19. The van der Waals surface area contributed by atoms with Crippen LogP contribution in [0.15, 0.2) is 47.5 Å². The highest BCUT2D eigenvalue weighted by Gasteiger charge is 2.11. The summed E-state index contributed by atoms with van der Waals surface area (Å²) >= 11 is 0. The molecule has 1 aliphatic heterocycles. The van der Waals surface area contributed by atoms with Crippen molar-refractivity contribution in [1.29, 1.82) is 0 Å². The van der Waals surface area contributed by atoms with Gasteiger partial charge in [0.05, 0.1) is 19.8 Å². The van der Waals surface area contributed by atoms with Crippen molar-refractivity contribution in [1.82, 2.24) is 10.6 Å². The lowest BCUT2D eigenvalue weighted by molar-refractivity contribution is 0.133. The van der Waals surface area contributed by atoms with Crippen LogP contribution in [0, 0.1) is 0 Å². The molecule has 150 valence electrons. The summed E-state index contributed by atoms with van der Waals surface area (Å²) in [5.41, 5.74) is 5.05. The molecule has 1 aliphatic rings. The van der Waals surface area contributed by atoms with Crippen molar-refractivity contribution in [2.45, 2.75) is 39.8 Å². The molecule has 5 nitrogen and oxygen atoms in total. The topological polar surface area (TPSA) is 54.9 Å². The molecule has 0 radical (unpaired) electrons. The number of benzene rings is 2. The first-order valence-electron chi connectivity index (χ1n) is 10.2. The zero-order chi connectivity index (χ0) is 19.6. The average molecular weight is 382 g/mol. The lowest BCUT2D eigenvalue weighted by Crippen LogP contribution is -2.38. The van der Waals surface area contributed by atoms with Crippen molar-refractivity contribution in [3.05, 3.63) is 64.7 Å². The molecule has 0 bridgehead atoms. The third-order valence-corrected chi connectivity index (χ3v) is 4.79. The molecule has 2 aromatic rings. The Kier molecular flexibility index (Phi) is 7.73. The van der Waals surface area contributed by atoms with Crippen molar-refractivity contribution in [2.24, 2.45) is 4.99 Å². The van der Waals surface area contributed by atoms with Crippen LogP contribution < -0.4 is 15.4 Å². The van der Waals surface area contributed by atoms with Gasteiger partial charge in [-0.2, -0.15) is 0 Å². The maximum absolute atomic E-state index is 5.58. The normalized spacial score (nSPS) is 13.1. The summed E-state index contributed by atoms with van der Waals surface area (Å²) in [6.45, 7) is 8.57. The zero-order valence-corrected chi connectivity index (χ0v) is 17.0. The van der Waals surface area contributed by atoms with Crippen LogP contribution in [0.4, 0.5) is 0 Å². The summed E-state index contributed by atoms with van der Waals surface area (Å²) in [5.74, 6) is 1.88. The number of rotatable bonds is 9. The predicted octanol–water partition coefficient (Wildman–Crippen LogP) is 3.46. The molecule has 0 saturated heterocycles. The number of nitrogens with zero attached hydrogens (tertiary/aromatic N) is 1. The van der Waals surface area contributed by atoms with E-state index in [4.69, 9.17) is 14.5 Å². The van der Waals surface area contributed by atoms with Gasteiger partial charge in [0.1, 0.15) is 5.75 Å². The van der Waals surface area contributed by atoms with Gasteiger partial charge in [0.25, 0.3) is 0 Å². The predicted molar refractivity (Wildman–Crippen MR) is 114 cm³/mol. The molecule has 0 aromatic heterocycles. The minimum Gasteiger partial charge on any atom is -0.493 e. The Balaban J connectivity index is 1.56. The molecule has 2 N–H and O–H groups in total. The fourth-order valence-electron chi connectivity index (χ4n) is 3.29. The monoisotopic (exact) mass is 381 g/mol. The Bertz CT molecular complexity index is 789. The molecular weight excluding hydrogens is 350 g/mol. The highest BCUT2D eigenvalue weighted by atomic mass is 16.5. The number of aliphatic imine (C=N–C) groups is 1. The number of nitrogens with one attached hydrogen (secondary N) is 2. The summed E-state index contributed by atoms with van der Waals surface area (Å²) in [6.07, 6.45) is 1.97. The quantitative estimate of drug-likeness (QED) is 0.516. The highest BCUT2D eigenvalue weighted by molar-refractivity contribution is 5.79. The molecule has 0 aliphatic carbocycles. The number of ether oxygens (including phenoxy) is 2. The Morgan fingerprint density at radius 2 is 1.96 bits per heavy atom. The van der Waals surface area contributed by atoms with E-state index in [1.54, 1.807) is 0 Å². The van der Waals surface area contributed by atoms with Crippen LogP contribution >= 0.6 is 0 Å². The third kappa shape index (κ3) is 5.73. The van der Waals surface area contributed by atoms with Gasteiger partial charge in [-0.3, -0.25) is 0 Å². The van der Waals surface area contributed by atoms with Crippen LogP contribution in [0.5, 0.6) is 5.75 Å². The maximum atomic E-state index is 5.58. The van der Waals surface area contributed by atoms with Crippen molar-refractivity contribution < 1.29 is 9.47 Å². The number of fused-ring (bicyclic) bond motifs is 1. The first-order valence-corrected chi connectivity index (χ1v) is 10.2. The van der Waals surface area contributed by atoms with E-state index < -0.39 is 0 Å². The number of guanidine groups is 1. The second kappa shape index (κ2) is 10.7. The van der Waals surface area contributed by atoms with Crippen LogP contribution in [-0.4, -0.2) is 32.3 Å². The molecule has 1 heterocycles. The van der Waals surface area contributed by atoms with E-state index in [0.29, 0.717) is 13.2 Å². The molecule has 0 atom stereocenters. The fraction of sp³-hybridized carbons (Fsp3) is 0.435. The SMILES string of the molecule is CCNC(=NCc1ccccc1COCC)NCCc1ccc2c(c1)CCO2. The summed E-state index contributed by atoms with van der Waals surface area (Å²) < 4.78 is 11.2. The van der Waals surface area contributed by atoms with Gasteiger partial charge in [0, 0.05) is 26.1 Å². The Hall–Kier alpha value is -2.53. The van der Waals surface area contributed by atoms with E-state index >= 15 is 0 Å². The van der Waals surface area contributed by atoms with E-state index in [1.165, 1.54) is 22.3 Å². The van der Waals surface area contributed by atoms with Gasteiger partial charge in [-0.15, -0.1) is 0 Å². The van der Waals surface area contributed by atoms with Gasteiger partial charge >= 0.3 is 0 Å². The molecule has 0 amide bonds. The number of hydrogen-bond donors (Lipinski definition) is 2. The summed E-state index contributed by atoms with van der Waals surface area (Å²) in [6, 6.07) is 14.8. The lowest BCUT2D eigenvalue weighted by atomic mass is 10.1. The maximum Gasteiger partial charge on any atom is 0.191 e. The standard InChI is InChI=1S/C23H31N3O2/c1-3-24-23(26-16-20-7-5-6-8-21(20)17-27-4-2)25-13-11-18-9-10-22-19(15-18)12-14-28-22/h5-10,15H,3-4,11-14,16-17H2,1-2H3,(H2,24,25,26). The smallest absolute Gasteiger partial charge is 0.191 e. The van der Waals surface area contributed by atoms with Gasteiger partial charge in [-0.05, 0) is 48.6 Å². The summed E-state index contributed by atoms with van der Waals surface area (Å²) in [5, 5.41) is 6.78. The number of hydrogen-bond acceptors (Lipinski definition) is 3. The molecule has 0 unspecified atom stereocenters. The van der Waals surface area contributed by atoms with Gasteiger partial charge < -0.3 is 20.1 Å². The molecule has 2 aromatic carbocycles. The van der Waals surface area contributed by atoms with Crippen LogP contribution in [0.25, 0.3) is 0 Å². The van der Waals surface area contributed by atoms with Crippen molar-refractivity contribution in [3.63, 3.8) is 0 Å². The van der Waals surface area contributed by atoms with E-state index in [2.05, 4.69) is 54.0 Å². The van der Waals surface area contributed by atoms with E-state index in [9.17, 15) is 0 Å². The third-order valence-electron chi connectivity index (χ3n) is 4.79. The first-order chi connectivity index (χ1) is 13.8. The van der Waals surface area contributed by atoms with E-state index in [1.807, 2.05) is 13.0 Å². The molecule has 28 heavy (non-hydrogen) atoms. The van der Waals surface area contributed by atoms with Crippen LogP contribution in [0.3, 0.4) is 0 Å². The molecular formula is C23H31N3O2. The molecule has 0 spiro atoms. The minimum atomic E-state index is 0.633. The second-order valence-electron chi connectivity index (χ2n) is 6.82. The van der Waals surface area contributed by atoms with E-state index in [-0.39, 0.29) is 0 Å². The first kappa shape index (κ1) is 20.2. The minimum absolute atomic E-state index is 0.633. The van der Waals surface area contributed by atoms with Crippen LogP contribution in [-0.2, 0) is 30.7 Å².